The molecule has 0 saturated heterocycles. The molecule has 0 bridgehead atoms. The predicted octanol–water partition coefficient (Wildman–Crippen LogP) is 3.83. The highest BCUT2D eigenvalue weighted by Gasteiger charge is 2.17. The van der Waals surface area contributed by atoms with Gasteiger partial charge in [-0.05, 0) is 25.1 Å². The van der Waals surface area contributed by atoms with Gasteiger partial charge in [-0.15, -0.1) is 5.10 Å². The van der Waals surface area contributed by atoms with Crippen LogP contribution in [0.25, 0.3) is 27.8 Å². The van der Waals surface area contributed by atoms with E-state index in [-0.39, 0.29) is 6.61 Å². The summed E-state index contributed by atoms with van der Waals surface area (Å²) in [6, 6.07) is 13.4. The predicted molar refractivity (Wildman–Crippen MR) is 106 cm³/mol. The van der Waals surface area contributed by atoms with E-state index in [0.717, 1.165) is 16.3 Å². The number of methoxy groups -OCH3 is 1. The largest absolute Gasteiger partial charge is 0.495 e. The number of pyridine rings is 1. The van der Waals surface area contributed by atoms with Crippen molar-refractivity contribution in [2.75, 3.05) is 7.11 Å². The standard InChI is InChI=1S/C21H17N5O3/c1-13-10-16(25-29-13)20-23-11-18-14-6-3-4-7-15(14)21(24-26(18)20)28-12-17-19(27-2)8-5-9-22-17/h3-11H,12H2,1-2H3. The highest BCUT2D eigenvalue weighted by atomic mass is 16.5. The summed E-state index contributed by atoms with van der Waals surface area (Å²) in [5, 5.41) is 10.6. The molecule has 5 rings (SSSR count). The average molecular weight is 387 g/mol. The minimum absolute atomic E-state index is 0.222. The number of hydrogen-bond donors (Lipinski definition) is 0. The molecule has 0 spiro atoms. The zero-order chi connectivity index (χ0) is 19.8. The lowest BCUT2D eigenvalue weighted by atomic mass is 10.1. The monoisotopic (exact) mass is 387 g/mol. The molecule has 0 aliphatic heterocycles. The van der Waals surface area contributed by atoms with Crippen LogP contribution in [0.3, 0.4) is 0 Å². The number of benzene rings is 1. The van der Waals surface area contributed by atoms with Crippen LogP contribution in [0.2, 0.25) is 0 Å². The molecule has 0 atom stereocenters. The van der Waals surface area contributed by atoms with Crippen molar-refractivity contribution in [1.29, 1.82) is 0 Å². The molecule has 0 fully saturated rings. The summed E-state index contributed by atoms with van der Waals surface area (Å²) >= 11 is 0. The lowest BCUT2D eigenvalue weighted by Crippen LogP contribution is -2.05. The summed E-state index contributed by atoms with van der Waals surface area (Å²) in [7, 11) is 1.61. The molecule has 29 heavy (non-hydrogen) atoms. The van der Waals surface area contributed by atoms with Gasteiger partial charge in [0.25, 0.3) is 0 Å². The second kappa shape index (κ2) is 6.90. The number of imidazole rings is 1. The van der Waals surface area contributed by atoms with E-state index in [2.05, 4.69) is 15.1 Å². The topological polar surface area (TPSA) is 87.6 Å². The SMILES string of the molecule is COc1cccnc1COc1nn2c(-c3cc(C)on3)ncc2c2ccccc12. The number of aromatic nitrogens is 5. The van der Waals surface area contributed by atoms with Crippen molar-refractivity contribution in [3.05, 3.63) is 66.3 Å². The molecule has 0 aliphatic carbocycles. The first-order valence-electron chi connectivity index (χ1n) is 9.05. The van der Waals surface area contributed by atoms with Gasteiger partial charge in [0.15, 0.2) is 11.5 Å². The molecule has 4 aromatic heterocycles. The first-order valence-corrected chi connectivity index (χ1v) is 9.05. The van der Waals surface area contributed by atoms with Gasteiger partial charge in [0, 0.05) is 23.0 Å². The number of hydrogen-bond acceptors (Lipinski definition) is 7. The Balaban J connectivity index is 1.63. The molecule has 0 saturated carbocycles. The second-order valence-electron chi connectivity index (χ2n) is 6.49. The molecular weight excluding hydrogens is 370 g/mol. The van der Waals surface area contributed by atoms with Crippen LogP contribution in [0, 0.1) is 6.92 Å². The number of aryl methyl sites for hydroxylation is 1. The van der Waals surface area contributed by atoms with Crippen LogP contribution in [0.4, 0.5) is 0 Å². The molecule has 8 heteroatoms. The van der Waals surface area contributed by atoms with Crippen LogP contribution in [0.5, 0.6) is 11.6 Å². The maximum Gasteiger partial charge on any atom is 0.240 e. The van der Waals surface area contributed by atoms with Gasteiger partial charge in [0.2, 0.25) is 5.88 Å². The summed E-state index contributed by atoms with van der Waals surface area (Å²) in [6.45, 7) is 2.06. The van der Waals surface area contributed by atoms with Crippen LogP contribution in [-0.2, 0) is 6.61 Å². The Labute approximate surface area is 165 Å². The van der Waals surface area contributed by atoms with Crippen LogP contribution in [0.1, 0.15) is 11.5 Å². The lowest BCUT2D eigenvalue weighted by molar-refractivity contribution is 0.280. The first kappa shape index (κ1) is 17.2. The van der Waals surface area contributed by atoms with Gasteiger partial charge in [0.1, 0.15) is 23.8 Å². The Morgan fingerprint density at radius 2 is 1.93 bits per heavy atom. The summed E-state index contributed by atoms with van der Waals surface area (Å²) < 4.78 is 18.4. The van der Waals surface area contributed by atoms with Crippen molar-refractivity contribution in [2.45, 2.75) is 13.5 Å². The van der Waals surface area contributed by atoms with E-state index in [9.17, 15) is 0 Å². The molecule has 5 aromatic rings. The van der Waals surface area contributed by atoms with E-state index in [0.29, 0.717) is 34.6 Å². The fourth-order valence-electron chi connectivity index (χ4n) is 3.28. The molecule has 144 valence electrons. The number of rotatable bonds is 5. The van der Waals surface area contributed by atoms with Crippen molar-refractivity contribution in [1.82, 2.24) is 24.7 Å². The molecular formula is C21H17N5O3. The Kier molecular flexibility index (Phi) is 4.09. The van der Waals surface area contributed by atoms with E-state index in [1.54, 1.807) is 24.0 Å². The van der Waals surface area contributed by atoms with E-state index in [1.165, 1.54) is 0 Å². The number of ether oxygens (including phenoxy) is 2. The van der Waals surface area contributed by atoms with Gasteiger partial charge >= 0.3 is 0 Å². The molecule has 8 nitrogen and oxygen atoms in total. The van der Waals surface area contributed by atoms with E-state index in [1.807, 2.05) is 49.4 Å². The smallest absolute Gasteiger partial charge is 0.240 e. The summed E-state index contributed by atoms with van der Waals surface area (Å²) in [6.07, 6.45) is 3.48. The molecule has 0 aliphatic rings. The van der Waals surface area contributed by atoms with E-state index >= 15 is 0 Å². The van der Waals surface area contributed by atoms with Crippen molar-refractivity contribution in [3.63, 3.8) is 0 Å². The highest BCUT2D eigenvalue weighted by molar-refractivity contribution is 5.98. The Morgan fingerprint density at radius 1 is 1.07 bits per heavy atom. The molecule has 0 unspecified atom stereocenters. The van der Waals surface area contributed by atoms with Crippen molar-refractivity contribution in [3.8, 4) is 23.1 Å². The fourth-order valence-corrected chi connectivity index (χ4v) is 3.28. The second-order valence-corrected chi connectivity index (χ2v) is 6.49. The summed E-state index contributed by atoms with van der Waals surface area (Å²) in [5.74, 6) is 2.43. The third kappa shape index (κ3) is 2.94. The maximum atomic E-state index is 6.08. The minimum Gasteiger partial charge on any atom is -0.495 e. The van der Waals surface area contributed by atoms with Crippen LogP contribution >= 0.6 is 0 Å². The van der Waals surface area contributed by atoms with Gasteiger partial charge in [-0.3, -0.25) is 4.98 Å². The van der Waals surface area contributed by atoms with Gasteiger partial charge < -0.3 is 14.0 Å². The van der Waals surface area contributed by atoms with Gasteiger partial charge in [-0.1, -0.05) is 23.4 Å². The van der Waals surface area contributed by atoms with Gasteiger partial charge in [-0.2, -0.15) is 0 Å². The molecule has 0 radical (unpaired) electrons. The zero-order valence-electron chi connectivity index (χ0n) is 15.9. The average Bonchev–Trinajstić information content (AvgIpc) is 3.38. The van der Waals surface area contributed by atoms with Gasteiger partial charge in [-0.25, -0.2) is 9.50 Å². The third-order valence-corrected chi connectivity index (χ3v) is 4.63. The third-order valence-electron chi connectivity index (χ3n) is 4.63. The number of nitrogens with zero attached hydrogens (tertiary/aromatic N) is 5. The van der Waals surface area contributed by atoms with Gasteiger partial charge in [0.05, 0.1) is 18.8 Å². The molecule has 0 amide bonds. The number of fused-ring (bicyclic) bond motifs is 3. The van der Waals surface area contributed by atoms with Crippen molar-refractivity contribution >= 4 is 16.3 Å². The molecule has 1 aromatic carbocycles. The quantitative estimate of drug-likeness (QED) is 0.453. The maximum absolute atomic E-state index is 6.08. The van der Waals surface area contributed by atoms with Crippen LogP contribution in [0.15, 0.2) is 59.4 Å². The Morgan fingerprint density at radius 3 is 2.72 bits per heavy atom. The summed E-state index contributed by atoms with van der Waals surface area (Å²) in [5.41, 5.74) is 2.17. The van der Waals surface area contributed by atoms with E-state index < -0.39 is 0 Å². The molecule has 4 heterocycles. The molecule has 0 N–H and O–H groups in total. The van der Waals surface area contributed by atoms with Crippen molar-refractivity contribution in [2.24, 2.45) is 0 Å². The summed E-state index contributed by atoms with van der Waals surface area (Å²) in [4.78, 5) is 8.85. The fraction of sp³-hybridized carbons (Fsp3) is 0.143. The normalized spacial score (nSPS) is 11.2. The highest BCUT2D eigenvalue weighted by Crippen LogP contribution is 2.30. The zero-order valence-corrected chi connectivity index (χ0v) is 15.9. The van der Waals surface area contributed by atoms with E-state index in [4.69, 9.17) is 19.1 Å². The first-order chi connectivity index (χ1) is 14.2. The minimum atomic E-state index is 0.222. The Hall–Kier alpha value is -3.94. The Bertz CT molecular complexity index is 1320. The van der Waals surface area contributed by atoms with Crippen LogP contribution < -0.4 is 9.47 Å². The lowest BCUT2D eigenvalue weighted by Gasteiger charge is -2.11. The van der Waals surface area contributed by atoms with Crippen LogP contribution in [-0.4, -0.2) is 31.8 Å². The van der Waals surface area contributed by atoms with Crippen molar-refractivity contribution < 1.29 is 14.0 Å².